The highest BCUT2D eigenvalue weighted by atomic mass is 16.7. The number of carbonyl (C=O) groups is 1. The minimum Gasteiger partial charge on any atom is -0.395 e. The largest absolute Gasteiger partial charge is 0.519 e. The van der Waals surface area contributed by atoms with E-state index in [9.17, 15) is 4.79 Å². The summed E-state index contributed by atoms with van der Waals surface area (Å²) in [6.07, 6.45) is 0.173. The molecule has 3 heteroatoms. The van der Waals surface area contributed by atoms with E-state index in [1.165, 1.54) is 5.56 Å². The van der Waals surface area contributed by atoms with E-state index in [0.29, 0.717) is 11.5 Å². The van der Waals surface area contributed by atoms with E-state index in [4.69, 9.17) is 9.47 Å². The molecule has 0 aromatic heterocycles. The minimum absolute atomic E-state index is 0.455. The lowest BCUT2D eigenvalue weighted by atomic mass is 9.99. The van der Waals surface area contributed by atoms with Crippen molar-refractivity contribution < 1.29 is 14.3 Å². The fraction of sp³-hybridized carbons (Fsp3) is 0.0870. The van der Waals surface area contributed by atoms with Crippen LogP contribution in [0.5, 0.6) is 11.5 Å². The van der Waals surface area contributed by atoms with Gasteiger partial charge >= 0.3 is 6.16 Å². The lowest BCUT2D eigenvalue weighted by molar-refractivity contribution is 0.153. The lowest BCUT2D eigenvalue weighted by Crippen LogP contribution is -2.14. The fourth-order valence-electron chi connectivity index (χ4n) is 3.09. The Labute approximate surface area is 151 Å². The van der Waals surface area contributed by atoms with Gasteiger partial charge in [-0.05, 0) is 47.0 Å². The molecule has 0 heterocycles. The first-order valence-electron chi connectivity index (χ1n) is 8.63. The van der Waals surface area contributed by atoms with Crippen molar-refractivity contribution in [2.24, 2.45) is 0 Å². The summed E-state index contributed by atoms with van der Waals surface area (Å²) in [5.74, 6) is 0.991. The fourth-order valence-corrected chi connectivity index (χ4v) is 3.09. The molecule has 26 heavy (non-hydrogen) atoms. The van der Waals surface area contributed by atoms with E-state index in [2.05, 4.69) is 31.2 Å². The van der Waals surface area contributed by atoms with Crippen molar-refractivity contribution in [2.75, 3.05) is 0 Å². The SMILES string of the molecule is CCc1ccc2cc3ccccc3c(OC(=O)Oc3ccccc3)c2c1. The molecule has 4 aromatic rings. The van der Waals surface area contributed by atoms with E-state index in [1.54, 1.807) is 12.1 Å². The zero-order valence-corrected chi connectivity index (χ0v) is 14.4. The summed E-state index contributed by atoms with van der Waals surface area (Å²) in [6, 6.07) is 25.2. The molecule has 128 valence electrons. The van der Waals surface area contributed by atoms with Gasteiger partial charge in [-0.3, -0.25) is 0 Å². The Morgan fingerprint density at radius 2 is 1.50 bits per heavy atom. The molecule has 0 unspecified atom stereocenters. The molecular weight excluding hydrogens is 324 g/mol. The van der Waals surface area contributed by atoms with Crippen molar-refractivity contribution in [1.82, 2.24) is 0 Å². The van der Waals surface area contributed by atoms with Gasteiger partial charge in [0.25, 0.3) is 0 Å². The highest BCUT2D eigenvalue weighted by Gasteiger charge is 2.15. The second kappa shape index (κ2) is 6.89. The van der Waals surface area contributed by atoms with E-state index >= 15 is 0 Å². The first kappa shape index (κ1) is 16.2. The van der Waals surface area contributed by atoms with Gasteiger partial charge in [0.15, 0.2) is 0 Å². The number of ether oxygens (including phenoxy) is 2. The molecular formula is C23H18O3. The van der Waals surface area contributed by atoms with Gasteiger partial charge in [-0.25, -0.2) is 4.79 Å². The minimum atomic E-state index is -0.740. The maximum Gasteiger partial charge on any atom is 0.519 e. The van der Waals surface area contributed by atoms with Gasteiger partial charge in [0, 0.05) is 10.8 Å². The molecule has 0 aliphatic heterocycles. The van der Waals surface area contributed by atoms with Gasteiger partial charge in [0.05, 0.1) is 0 Å². The molecule has 0 saturated carbocycles. The van der Waals surface area contributed by atoms with E-state index in [-0.39, 0.29) is 0 Å². The van der Waals surface area contributed by atoms with E-state index < -0.39 is 6.16 Å². The summed E-state index contributed by atoms with van der Waals surface area (Å²) >= 11 is 0. The highest BCUT2D eigenvalue weighted by molar-refractivity contribution is 6.06. The average molecular weight is 342 g/mol. The Balaban J connectivity index is 1.81. The normalized spacial score (nSPS) is 10.8. The zero-order chi connectivity index (χ0) is 17.9. The van der Waals surface area contributed by atoms with Crippen LogP contribution in [0.3, 0.4) is 0 Å². The first-order valence-corrected chi connectivity index (χ1v) is 8.63. The molecule has 4 aromatic carbocycles. The third kappa shape index (κ3) is 3.11. The Morgan fingerprint density at radius 3 is 2.31 bits per heavy atom. The molecule has 0 fully saturated rings. The zero-order valence-electron chi connectivity index (χ0n) is 14.4. The van der Waals surface area contributed by atoms with Crippen LogP contribution in [0.1, 0.15) is 12.5 Å². The monoisotopic (exact) mass is 342 g/mol. The van der Waals surface area contributed by atoms with Crippen molar-refractivity contribution in [1.29, 1.82) is 0 Å². The van der Waals surface area contributed by atoms with Crippen molar-refractivity contribution in [2.45, 2.75) is 13.3 Å². The smallest absolute Gasteiger partial charge is 0.395 e. The number of aryl methyl sites for hydroxylation is 1. The quantitative estimate of drug-likeness (QED) is 0.255. The molecule has 0 radical (unpaired) electrons. The number of rotatable bonds is 3. The number of hydrogen-bond donors (Lipinski definition) is 0. The number of hydrogen-bond acceptors (Lipinski definition) is 3. The van der Waals surface area contributed by atoms with Crippen LogP contribution in [0.2, 0.25) is 0 Å². The molecule has 0 atom stereocenters. The number of fused-ring (bicyclic) bond motifs is 2. The third-order valence-corrected chi connectivity index (χ3v) is 4.42. The molecule has 0 spiro atoms. The van der Waals surface area contributed by atoms with Crippen molar-refractivity contribution in [3.8, 4) is 11.5 Å². The van der Waals surface area contributed by atoms with Crippen molar-refractivity contribution in [3.63, 3.8) is 0 Å². The number of para-hydroxylation sites is 1. The van der Waals surface area contributed by atoms with E-state index in [0.717, 1.165) is 28.0 Å². The Bertz CT molecular complexity index is 1080. The van der Waals surface area contributed by atoms with Gasteiger partial charge in [-0.1, -0.05) is 61.5 Å². The van der Waals surface area contributed by atoms with Gasteiger partial charge in [0.2, 0.25) is 0 Å². The Morgan fingerprint density at radius 1 is 0.769 bits per heavy atom. The lowest BCUT2D eigenvalue weighted by Gasteiger charge is -2.13. The molecule has 0 saturated heterocycles. The van der Waals surface area contributed by atoms with Crippen LogP contribution in [0.25, 0.3) is 21.5 Å². The average Bonchev–Trinajstić information content (AvgIpc) is 2.68. The number of benzene rings is 4. The van der Waals surface area contributed by atoms with Crippen molar-refractivity contribution >= 4 is 27.7 Å². The van der Waals surface area contributed by atoms with Crippen LogP contribution in [0.15, 0.2) is 78.9 Å². The highest BCUT2D eigenvalue weighted by Crippen LogP contribution is 2.36. The Kier molecular flexibility index (Phi) is 4.28. The van der Waals surface area contributed by atoms with Gasteiger partial charge in [-0.2, -0.15) is 0 Å². The maximum atomic E-state index is 12.4. The third-order valence-electron chi connectivity index (χ3n) is 4.42. The maximum absolute atomic E-state index is 12.4. The molecule has 0 aliphatic carbocycles. The summed E-state index contributed by atoms with van der Waals surface area (Å²) in [5, 5.41) is 3.85. The molecule has 0 amide bonds. The molecule has 3 nitrogen and oxygen atoms in total. The summed E-state index contributed by atoms with van der Waals surface area (Å²) in [7, 11) is 0. The van der Waals surface area contributed by atoms with Crippen LogP contribution in [-0.2, 0) is 6.42 Å². The van der Waals surface area contributed by atoms with Crippen LogP contribution in [0.4, 0.5) is 4.79 Å². The molecule has 4 rings (SSSR count). The number of carbonyl (C=O) groups excluding carboxylic acids is 1. The van der Waals surface area contributed by atoms with Gasteiger partial charge in [-0.15, -0.1) is 0 Å². The summed E-state index contributed by atoms with van der Waals surface area (Å²) in [4.78, 5) is 12.4. The predicted molar refractivity (Wildman–Crippen MR) is 104 cm³/mol. The van der Waals surface area contributed by atoms with Gasteiger partial charge in [0.1, 0.15) is 11.5 Å². The second-order valence-electron chi connectivity index (χ2n) is 6.10. The van der Waals surface area contributed by atoms with Crippen LogP contribution in [-0.4, -0.2) is 6.16 Å². The topological polar surface area (TPSA) is 35.5 Å². The van der Waals surface area contributed by atoms with Crippen LogP contribution in [0, 0.1) is 0 Å². The summed E-state index contributed by atoms with van der Waals surface area (Å²) in [5.41, 5.74) is 1.19. The second-order valence-corrected chi connectivity index (χ2v) is 6.10. The summed E-state index contributed by atoms with van der Waals surface area (Å²) < 4.78 is 11.0. The Hall–Kier alpha value is -3.33. The predicted octanol–water partition coefficient (Wildman–Crippen LogP) is 6.13. The van der Waals surface area contributed by atoms with Crippen LogP contribution >= 0.6 is 0 Å². The molecule has 0 N–H and O–H groups in total. The van der Waals surface area contributed by atoms with Gasteiger partial charge < -0.3 is 9.47 Å². The van der Waals surface area contributed by atoms with E-state index in [1.807, 2.05) is 42.5 Å². The standard InChI is InChI=1S/C23H18O3/c1-2-16-12-13-18-15-17-8-6-7-11-20(17)22(21(18)14-16)26-23(24)25-19-9-4-3-5-10-19/h3-15H,2H2,1H3. The molecule has 0 aliphatic rings. The summed E-state index contributed by atoms with van der Waals surface area (Å²) in [6.45, 7) is 2.10. The first-order chi connectivity index (χ1) is 12.7. The van der Waals surface area contributed by atoms with Crippen molar-refractivity contribution in [3.05, 3.63) is 84.4 Å². The van der Waals surface area contributed by atoms with Crippen LogP contribution < -0.4 is 9.47 Å². The molecule has 0 bridgehead atoms.